The van der Waals surface area contributed by atoms with E-state index in [2.05, 4.69) is 10.2 Å². The molecule has 0 unspecified atom stereocenters. The Balaban J connectivity index is 1.52. The topological polar surface area (TPSA) is 80.6 Å². The van der Waals surface area contributed by atoms with Crippen LogP contribution in [0.15, 0.2) is 24.3 Å². The molecule has 2 aromatic rings. The van der Waals surface area contributed by atoms with E-state index in [-0.39, 0.29) is 11.8 Å². The molecule has 0 saturated carbocycles. The number of fused-ring (bicyclic) bond motifs is 1. The summed E-state index contributed by atoms with van der Waals surface area (Å²) >= 11 is 0. The van der Waals surface area contributed by atoms with Crippen LogP contribution in [0.25, 0.3) is 0 Å². The van der Waals surface area contributed by atoms with Gasteiger partial charge in [0.05, 0.1) is 19.2 Å². The van der Waals surface area contributed by atoms with Crippen LogP contribution in [0.1, 0.15) is 46.1 Å². The van der Waals surface area contributed by atoms with Crippen LogP contribution in [0.5, 0.6) is 5.75 Å². The van der Waals surface area contributed by atoms with Crippen molar-refractivity contribution < 1.29 is 14.3 Å². The Kier molecular flexibility index (Phi) is 4.79. The number of hydrogen-bond donors (Lipinski definition) is 0. The number of likely N-dealkylation sites (tertiary alicyclic amines) is 1. The SMILES string of the molecule is COc1ccccc1C(=O)N1CCn2c(nnc2C(=O)N2CCCCC2)C1. The molecule has 0 N–H and O–H groups in total. The number of rotatable bonds is 3. The molecule has 142 valence electrons. The van der Waals surface area contributed by atoms with Crippen molar-refractivity contribution in [3.05, 3.63) is 41.5 Å². The van der Waals surface area contributed by atoms with Gasteiger partial charge in [-0.3, -0.25) is 9.59 Å². The average Bonchev–Trinajstić information content (AvgIpc) is 3.16. The van der Waals surface area contributed by atoms with Gasteiger partial charge in [0, 0.05) is 26.2 Å². The molecule has 3 heterocycles. The highest BCUT2D eigenvalue weighted by atomic mass is 16.5. The minimum absolute atomic E-state index is 0.0574. The lowest BCUT2D eigenvalue weighted by Crippen LogP contribution is -2.41. The third-order valence-corrected chi connectivity index (χ3v) is 5.21. The van der Waals surface area contributed by atoms with Crippen LogP contribution in [0, 0.1) is 0 Å². The summed E-state index contributed by atoms with van der Waals surface area (Å²) in [5, 5.41) is 8.31. The van der Waals surface area contributed by atoms with Gasteiger partial charge in [-0.2, -0.15) is 0 Å². The highest BCUT2D eigenvalue weighted by Gasteiger charge is 2.30. The first kappa shape index (κ1) is 17.5. The van der Waals surface area contributed by atoms with Crippen LogP contribution in [0.4, 0.5) is 0 Å². The van der Waals surface area contributed by atoms with Crippen LogP contribution in [0.3, 0.4) is 0 Å². The van der Waals surface area contributed by atoms with E-state index in [1.807, 2.05) is 21.6 Å². The van der Waals surface area contributed by atoms with Crippen molar-refractivity contribution in [3.8, 4) is 5.75 Å². The fourth-order valence-corrected chi connectivity index (χ4v) is 3.72. The average molecular weight is 369 g/mol. The zero-order valence-electron chi connectivity index (χ0n) is 15.4. The molecule has 1 saturated heterocycles. The van der Waals surface area contributed by atoms with Gasteiger partial charge >= 0.3 is 0 Å². The second-order valence-corrected chi connectivity index (χ2v) is 6.87. The van der Waals surface area contributed by atoms with Crippen molar-refractivity contribution in [1.29, 1.82) is 0 Å². The summed E-state index contributed by atoms with van der Waals surface area (Å²) in [5.74, 6) is 1.42. The maximum absolute atomic E-state index is 12.9. The minimum atomic E-state index is -0.106. The van der Waals surface area contributed by atoms with E-state index in [0.717, 1.165) is 25.9 Å². The van der Waals surface area contributed by atoms with E-state index in [1.54, 1.807) is 24.1 Å². The fourth-order valence-electron chi connectivity index (χ4n) is 3.72. The maximum atomic E-state index is 12.9. The number of para-hydroxylation sites is 1. The van der Waals surface area contributed by atoms with Crippen molar-refractivity contribution in [3.63, 3.8) is 0 Å². The Morgan fingerprint density at radius 1 is 0.926 bits per heavy atom. The van der Waals surface area contributed by atoms with Gasteiger partial charge in [-0.15, -0.1) is 10.2 Å². The van der Waals surface area contributed by atoms with Gasteiger partial charge in [-0.05, 0) is 31.4 Å². The van der Waals surface area contributed by atoms with Gasteiger partial charge in [0.1, 0.15) is 5.75 Å². The lowest BCUT2D eigenvalue weighted by Gasteiger charge is -2.29. The smallest absolute Gasteiger partial charge is 0.291 e. The Morgan fingerprint density at radius 3 is 2.48 bits per heavy atom. The first-order chi connectivity index (χ1) is 13.2. The van der Waals surface area contributed by atoms with Crippen LogP contribution < -0.4 is 4.74 Å². The minimum Gasteiger partial charge on any atom is -0.496 e. The van der Waals surface area contributed by atoms with E-state index in [0.29, 0.717) is 42.6 Å². The largest absolute Gasteiger partial charge is 0.496 e. The highest BCUT2D eigenvalue weighted by molar-refractivity contribution is 5.97. The number of piperidine rings is 1. The summed E-state index contributed by atoms with van der Waals surface area (Å²) in [6.45, 7) is 2.90. The van der Waals surface area contributed by atoms with Crippen LogP contribution >= 0.6 is 0 Å². The molecule has 8 heteroatoms. The molecule has 0 spiro atoms. The number of carbonyl (C=O) groups is 2. The number of carbonyl (C=O) groups excluding carboxylic acids is 2. The normalized spacial score (nSPS) is 16.8. The van der Waals surface area contributed by atoms with Gasteiger partial charge in [0.25, 0.3) is 11.8 Å². The summed E-state index contributed by atoms with van der Waals surface area (Å²) < 4.78 is 7.15. The van der Waals surface area contributed by atoms with Gasteiger partial charge in [-0.1, -0.05) is 12.1 Å². The quantitative estimate of drug-likeness (QED) is 0.820. The lowest BCUT2D eigenvalue weighted by atomic mass is 10.1. The molecular formula is C19H23N5O3. The molecule has 2 aliphatic rings. The Hall–Kier alpha value is -2.90. The van der Waals surface area contributed by atoms with Crippen LogP contribution in [-0.2, 0) is 13.1 Å². The highest BCUT2D eigenvalue weighted by Crippen LogP contribution is 2.22. The van der Waals surface area contributed by atoms with Gasteiger partial charge < -0.3 is 19.1 Å². The van der Waals surface area contributed by atoms with E-state index < -0.39 is 0 Å². The Labute approximate surface area is 157 Å². The molecule has 0 atom stereocenters. The van der Waals surface area contributed by atoms with Crippen LogP contribution in [0.2, 0.25) is 0 Å². The predicted octanol–water partition coefficient (Wildman–Crippen LogP) is 1.57. The summed E-state index contributed by atoms with van der Waals surface area (Å²) in [5.41, 5.74) is 0.526. The standard InChI is InChI=1S/C19H23N5O3/c1-27-15-8-4-3-7-14(15)18(25)23-11-12-24-16(13-23)20-21-17(24)19(26)22-9-5-2-6-10-22/h3-4,7-8H,2,5-6,9-13H2,1H3. The molecule has 2 amide bonds. The first-order valence-electron chi connectivity index (χ1n) is 9.32. The molecule has 1 aromatic heterocycles. The number of hydrogen-bond acceptors (Lipinski definition) is 5. The number of ether oxygens (including phenoxy) is 1. The molecule has 0 aliphatic carbocycles. The third-order valence-electron chi connectivity index (χ3n) is 5.21. The number of amides is 2. The number of aromatic nitrogens is 3. The Morgan fingerprint density at radius 2 is 1.70 bits per heavy atom. The van der Waals surface area contributed by atoms with Crippen molar-refractivity contribution in [2.75, 3.05) is 26.7 Å². The van der Waals surface area contributed by atoms with Gasteiger partial charge in [-0.25, -0.2) is 0 Å². The first-order valence-corrected chi connectivity index (χ1v) is 9.32. The maximum Gasteiger partial charge on any atom is 0.291 e. The summed E-state index contributed by atoms with van der Waals surface area (Å²) in [6, 6.07) is 7.18. The van der Waals surface area contributed by atoms with E-state index in [9.17, 15) is 9.59 Å². The van der Waals surface area contributed by atoms with Crippen molar-refractivity contribution in [1.82, 2.24) is 24.6 Å². The number of benzene rings is 1. The third kappa shape index (κ3) is 3.27. The number of nitrogens with zero attached hydrogens (tertiary/aromatic N) is 5. The van der Waals surface area contributed by atoms with Gasteiger partial charge in [0.2, 0.25) is 5.82 Å². The van der Waals surface area contributed by atoms with E-state index in [4.69, 9.17) is 4.74 Å². The van der Waals surface area contributed by atoms with E-state index >= 15 is 0 Å². The summed E-state index contributed by atoms with van der Waals surface area (Å²) in [4.78, 5) is 29.2. The second kappa shape index (κ2) is 7.38. The number of methoxy groups -OCH3 is 1. The molecule has 0 radical (unpaired) electrons. The predicted molar refractivity (Wildman–Crippen MR) is 97.5 cm³/mol. The summed E-state index contributed by atoms with van der Waals surface area (Å²) in [6.07, 6.45) is 3.24. The summed E-state index contributed by atoms with van der Waals surface area (Å²) in [7, 11) is 1.55. The lowest BCUT2D eigenvalue weighted by molar-refractivity contribution is 0.0683. The molecule has 2 aliphatic heterocycles. The molecule has 1 fully saturated rings. The molecule has 27 heavy (non-hydrogen) atoms. The van der Waals surface area contributed by atoms with Crippen LogP contribution in [-0.4, -0.2) is 63.1 Å². The molecule has 4 rings (SSSR count). The molecule has 1 aromatic carbocycles. The fraction of sp³-hybridized carbons (Fsp3) is 0.474. The van der Waals surface area contributed by atoms with Crippen molar-refractivity contribution in [2.45, 2.75) is 32.4 Å². The molecule has 8 nitrogen and oxygen atoms in total. The molecular weight excluding hydrogens is 346 g/mol. The zero-order valence-corrected chi connectivity index (χ0v) is 15.4. The monoisotopic (exact) mass is 369 g/mol. The molecule has 0 bridgehead atoms. The van der Waals surface area contributed by atoms with Crippen molar-refractivity contribution in [2.24, 2.45) is 0 Å². The van der Waals surface area contributed by atoms with Crippen molar-refractivity contribution >= 4 is 11.8 Å². The van der Waals surface area contributed by atoms with E-state index in [1.165, 1.54) is 6.42 Å². The zero-order chi connectivity index (χ0) is 18.8. The van der Waals surface area contributed by atoms with Gasteiger partial charge in [0.15, 0.2) is 5.82 Å². The Bertz CT molecular complexity index is 857. The second-order valence-electron chi connectivity index (χ2n) is 6.87.